The van der Waals surface area contributed by atoms with E-state index in [1.807, 2.05) is 25.1 Å². The molecule has 1 amide bonds. The molecular weight excluding hydrogens is 324 g/mol. The highest BCUT2D eigenvalue weighted by molar-refractivity contribution is 9.10. The highest BCUT2D eigenvalue weighted by atomic mass is 79.9. The minimum atomic E-state index is -0.434. The molecule has 0 unspecified atom stereocenters. The first kappa shape index (κ1) is 15.3. The zero-order valence-electron chi connectivity index (χ0n) is 11.5. The molecule has 1 aromatic carbocycles. The number of aliphatic hydroxyl groups excluding tert-OH is 1. The van der Waals surface area contributed by atoms with Gasteiger partial charge in [-0.05, 0) is 47.0 Å². The van der Waals surface area contributed by atoms with Crippen LogP contribution in [-0.2, 0) is 4.79 Å². The van der Waals surface area contributed by atoms with E-state index in [4.69, 9.17) is 4.74 Å². The lowest BCUT2D eigenvalue weighted by Crippen LogP contribution is -2.41. The number of β-amino-alcohol motifs (C(OH)–C–C–N with tert-alkyl or cyclic N) is 1. The van der Waals surface area contributed by atoms with E-state index in [0.717, 1.165) is 15.8 Å². The van der Waals surface area contributed by atoms with Crippen molar-refractivity contribution in [2.45, 2.75) is 31.5 Å². The standard InChI is InChI=1S/C14H19BrN2O3/c1-8(9-3-4-13(20-2)11(15)5-9)17-14(19)12-6-10(18)7-16-12/h3-5,8,10,12,16,18H,6-7H2,1-2H3,(H,17,19)/t8-,10+,12+/m0/s1. The molecule has 1 aliphatic heterocycles. The molecule has 1 aromatic rings. The van der Waals surface area contributed by atoms with Crippen LogP contribution in [0, 0.1) is 0 Å². The third-order valence-electron chi connectivity index (χ3n) is 3.46. The number of hydrogen-bond donors (Lipinski definition) is 3. The van der Waals surface area contributed by atoms with Crippen LogP contribution in [0.2, 0.25) is 0 Å². The van der Waals surface area contributed by atoms with Crippen LogP contribution < -0.4 is 15.4 Å². The van der Waals surface area contributed by atoms with E-state index in [2.05, 4.69) is 26.6 Å². The zero-order chi connectivity index (χ0) is 14.7. The van der Waals surface area contributed by atoms with Crippen molar-refractivity contribution in [1.82, 2.24) is 10.6 Å². The van der Waals surface area contributed by atoms with E-state index in [9.17, 15) is 9.90 Å². The van der Waals surface area contributed by atoms with Crippen molar-refractivity contribution >= 4 is 21.8 Å². The summed E-state index contributed by atoms with van der Waals surface area (Å²) in [6, 6.07) is 5.30. The Morgan fingerprint density at radius 1 is 1.60 bits per heavy atom. The third kappa shape index (κ3) is 3.50. The second-order valence-electron chi connectivity index (χ2n) is 4.97. The summed E-state index contributed by atoms with van der Waals surface area (Å²) in [5.74, 6) is 0.675. The Morgan fingerprint density at radius 2 is 2.35 bits per heavy atom. The lowest BCUT2D eigenvalue weighted by molar-refractivity contribution is -0.123. The van der Waals surface area contributed by atoms with E-state index < -0.39 is 6.10 Å². The molecule has 0 spiro atoms. The summed E-state index contributed by atoms with van der Waals surface area (Å²) in [5, 5.41) is 15.4. The molecule has 0 bridgehead atoms. The summed E-state index contributed by atoms with van der Waals surface area (Å²) in [7, 11) is 1.61. The zero-order valence-corrected chi connectivity index (χ0v) is 13.1. The minimum absolute atomic E-state index is 0.0824. The van der Waals surface area contributed by atoms with Gasteiger partial charge in [0.25, 0.3) is 0 Å². The molecule has 0 radical (unpaired) electrons. The maximum atomic E-state index is 12.1. The molecule has 3 atom stereocenters. The van der Waals surface area contributed by atoms with Crippen LogP contribution >= 0.6 is 15.9 Å². The lowest BCUT2D eigenvalue weighted by atomic mass is 10.1. The quantitative estimate of drug-likeness (QED) is 0.772. The van der Waals surface area contributed by atoms with Crippen LogP contribution in [0.25, 0.3) is 0 Å². The number of nitrogens with one attached hydrogen (secondary N) is 2. The maximum Gasteiger partial charge on any atom is 0.237 e. The summed E-state index contributed by atoms with van der Waals surface area (Å²) >= 11 is 3.43. The van der Waals surface area contributed by atoms with Gasteiger partial charge < -0.3 is 20.5 Å². The first-order valence-electron chi connectivity index (χ1n) is 6.56. The number of rotatable bonds is 4. The Labute approximate surface area is 126 Å². The second-order valence-corrected chi connectivity index (χ2v) is 5.83. The normalized spacial score (nSPS) is 23.4. The summed E-state index contributed by atoms with van der Waals surface area (Å²) in [6.07, 6.45) is 0.0291. The Kier molecular flexibility index (Phi) is 5.01. The number of carbonyl (C=O) groups excluding carboxylic acids is 1. The molecule has 110 valence electrons. The molecular formula is C14H19BrN2O3. The van der Waals surface area contributed by atoms with Crippen molar-refractivity contribution in [2.75, 3.05) is 13.7 Å². The molecule has 1 saturated heterocycles. The van der Waals surface area contributed by atoms with Crippen LogP contribution in [0.4, 0.5) is 0 Å². The summed E-state index contributed by atoms with van der Waals surface area (Å²) in [6.45, 7) is 2.40. The highest BCUT2D eigenvalue weighted by Crippen LogP contribution is 2.28. The predicted octanol–water partition coefficient (Wildman–Crippen LogP) is 1.36. The smallest absolute Gasteiger partial charge is 0.237 e. The minimum Gasteiger partial charge on any atom is -0.496 e. The molecule has 0 saturated carbocycles. The Bertz CT molecular complexity index is 495. The number of benzene rings is 1. The molecule has 6 heteroatoms. The van der Waals surface area contributed by atoms with Crippen molar-refractivity contribution in [3.8, 4) is 5.75 Å². The number of carbonyl (C=O) groups is 1. The SMILES string of the molecule is COc1ccc([C@H](C)NC(=O)[C@H]2C[C@@H](O)CN2)cc1Br. The molecule has 1 heterocycles. The van der Waals surface area contributed by atoms with Gasteiger partial charge in [-0.25, -0.2) is 0 Å². The van der Waals surface area contributed by atoms with Crippen LogP contribution in [-0.4, -0.2) is 36.8 Å². The monoisotopic (exact) mass is 342 g/mol. The fourth-order valence-corrected chi connectivity index (χ4v) is 2.82. The third-order valence-corrected chi connectivity index (χ3v) is 4.08. The topological polar surface area (TPSA) is 70.6 Å². The van der Waals surface area contributed by atoms with Crippen molar-refractivity contribution in [3.63, 3.8) is 0 Å². The first-order chi connectivity index (χ1) is 9.51. The van der Waals surface area contributed by atoms with Crippen LogP contribution in [0.15, 0.2) is 22.7 Å². The second kappa shape index (κ2) is 6.56. The lowest BCUT2D eigenvalue weighted by Gasteiger charge is -2.18. The molecule has 1 aliphatic rings. The van der Waals surface area contributed by atoms with Crippen LogP contribution in [0.5, 0.6) is 5.75 Å². The number of hydrogen-bond acceptors (Lipinski definition) is 4. The number of amides is 1. The molecule has 0 aromatic heterocycles. The molecule has 0 aliphatic carbocycles. The van der Waals surface area contributed by atoms with Gasteiger partial charge in [-0.2, -0.15) is 0 Å². The molecule has 1 fully saturated rings. The Hall–Kier alpha value is -1.11. The number of ether oxygens (including phenoxy) is 1. The average Bonchev–Trinajstić information content (AvgIpc) is 2.85. The number of halogens is 1. The molecule has 20 heavy (non-hydrogen) atoms. The van der Waals surface area contributed by atoms with Crippen molar-refractivity contribution in [3.05, 3.63) is 28.2 Å². The van der Waals surface area contributed by atoms with E-state index in [1.54, 1.807) is 7.11 Å². The fourth-order valence-electron chi connectivity index (χ4n) is 2.27. The maximum absolute atomic E-state index is 12.1. The fraction of sp³-hybridized carbons (Fsp3) is 0.500. The highest BCUT2D eigenvalue weighted by Gasteiger charge is 2.28. The molecule has 3 N–H and O–H groups in total. The van der Waals surface area contributed by atoms with E-state index in [0.29, 0.717) is 13.0 Å². The van der Waals surface area contributed by atoms with Gasteiger partial charge in [-0.15, -0.1) is 0 Å². The summed E-state index contributed by atoms with van der Waals surface area (Å²) < 4.78 is 6.04. The van der Waals surface area contributed by atoms with E-state index in [-0.39, 0.29) is 18.0 Å². The first-order valence-corrected chi connectivity index (χ1v) is 7.36. The van der Waals surface area contributed by atoms with E-state index >= 15 is 0 Å². The summed E-state index contributed by atoms with van der Waals surface area (Å²) in [5.41, 5.74) is 0.990. The molecule has 2 rings (SSSR count). The Balaban J connectivity index is 1.99. The van der Waals surface area contributed by atoms with Gasteiger partial charge in [0.1, 0.15) is 5.75 Å². The van der Waals surface area contributed by atoms with Crippen molar-refractivity contribution < 1.29 is 14.6 Å². The van der Waals surface area contributed by atoms with Gasteiger partial charge in [-0.3, -0.25) is 4.79 Å². The number of aliphatic hydroxyl groups is 1. The van der Waals surface area contributed by atoms with Crippen molar-refractivity contribution in [1.29, 1.82) is 0 Å². The van der Waals surface area contributed by atoms with Crippen LogP contribution in [0.3, 0.4) is 0 Å². The summed E-state index contributed by atoms with van der Waals surface area (Å²) in [4.78, 5) is 12.1. The Morgan fingerprint density at radius 3 is 2.90 bits per heavy atom. The average molecular weight is 343 g/mol. The van der Waals surface area contributed by atoms with Crippen molar-refractivity contribution in [2.24, 2.45) is 0 Å². The molecule has 5 nitrogen and oxygen atoms in total. The van der Waals surface area contributed by atoms with E-state index in [1.165, 1.54) is 0 Å². The van der Waals surface area contributed by atoms with Crippen LogP contribution in [0.1, 0.15) is 24.9 Å². The number of methoxy groups -OCH3 is 1. The van der Waals surface area contributed by atoms with Gasteiger partial charge in [0.15, 0.2) is 0 Å². The van der Waals surface area contributed by atoms with Gasteiger partial charge in [0, 0.05) is 6.54 Å². The predicted molar refractivity (Wildman–Crippen MR) is 79.7 cm³/mol. The van der Waals surface area contributed by atoms with Gasteiger partial charge >= 0.3 is 0 Å². The van der Waals surface area contributed by atoms with Gasteiger partial charge in [-0.1, -0.05) is 6.07 Å². The van der Waals surface area contributed by atoms with Gasteiger partial charge in [0.05, 0.1) is 29.8 Å². The van der Waals surface area contributed by atoms with Gasteiger partial charge in [0.2, 0.25) is 5.91 Å². The largest absolute Gasteiger partial charge is 0.496 e.